The number of hydrogen-bond acceptors (Lipinski definition) is 2. The van der Waals surface area contributed by atoms with Crippen LogP contribution in [0.4, 0.5) is 0 Å². The number of imidazole rings is 1. The van der Waals surface area contributed by atoms with Gasteiger partial charge in [0.15, 0.2) is 0 Å². The molecule has 1 aliphatic rings. The summed E-state index contributed by atoms with van der Waals surface area (Å²) in [6, 6.07) is 0.126. The topological polar surface area (TPSA) is 43.8 Å². The predicted molar refractivity (Wildman–Crippen MR) is 75.2 cm³/mol. The van der Waals surface area contributed by atoms with Gasteiger partial charge in [-0.15, -0.1) is 0 Å². The summed E-state index contributed by atoms with van der Waals surface area (Å²) in [5.74, 6) is 0.632. The summed E-state index contributed by atoms with van der Waals surface area (Å²) in [6.07, 6.45) is 10.3. The lowest BCUT2D eigenvalue weighted by Crippen LogP contribution is -2.34. The Kier molecular flexibility index (Phi) is 4.10. The Bertz CT molecular complexity index is 371. The third-order valence-electron chi connectivity index (χ3n) is 4.52. The average molecular weight is 249 g/mol. The van der Waals surface area contributed by atoms with E-state index in [1.54, 1.807) is 0 Å². The molecule has 1 atom stereocenters. The maximum Gasteiger partial charge on any atom is 0.0948 e. The van der Waals surface area contributed by atoms with Gasteiger partial charge in [-0.1, -0.05) is 27.2 Å². The minimum Gasteiger partial charge on any atom is -0.333 e. The second-order valence-electron chi connectivity index (χ2n) is 6.39. The number of rotatable bonds is 6. The molecule has 0 bridgehead atoms. The van der Waals surface area contributed by atoms with Gasteiger partial charge in [0.2, 0.25) is 0 Å². The zero-order valence-electron chi connectivity index (χ0n) is 12.0. The van der Waals surface area contributed by atoms with Crippen molar-refractivity contribution in [1.29, 1.82) is 0 Å². The molecule has 1 fully saturated rings. The van der Waals surface area contributed by atoms with Gasteiger partial charge >= 0.3 is 0 Å². The van der Waals surface area contributed by atoms with Crippen molar-refractivity contribution in [2.45, 2.75) is 65.5 Å². The molecule has 1 heterocycles. The van der Waals surface area contributed by atoms with Gasteiger partial charge in [0.1, 0.15) is 0 Å². The van der Waals surface area contributed by atoms with E-state index in [2.05, 4.69) is 30.3 Å². The minimum atomic E-state index is 0.126. The molecule has 2 N–H and O–H groups in total. The Morgan fingerprint density at radius 2 is 2.17 bits per heavy atom. The first kappa shape index (κ1) is 13.6. The van der Waals surface area contributed by atoms with Crippen LogP contribution < -0.4 is 5.73 Å². The first-order chi connectivity index (χ1) is 8.56. The highest BCUT2D eigenvalue weighted by Crippen LogP contribution is 2.45. The van der Waals surface area contributed by atoms with Gasteiger partial charge in [-0.2, -0.15) is 0 Å². The first-order valence-corrected chi connectivity index (χ1v) is 7.32. The fourth-order valence-electron chi connectivity index (χ4n) is 3.06. The smallest absolute Gasteiger partial charge is 0.0948 e. The largest absolute Gasteiger partial charge is 0.333 e. The van der Waals surface area contributed by atoms with Crippen LogP contribution in [-0.4, -0.2) is 9.55 Å². The lowest BCUT2D eigenvalue weighted by atomic mass is 9.67. The quantitative estimate of drug-likeness (QED) is 0.838. The van der Waals surface area contributed by atoms with E-state index in [1.807, 2.05) is 12.5 Å². The highest BCUT2D eigenvalue weighted by Gasteiger charge is 2.35. The number of nitrogens with zero attached hydrogens (tertiary/aromatic N) is 2. The van der Waals surface area contributed by atoms with Crippen LogP contribution in [0.3, 0.4) is 0 Å². The molecule has 0 aliphatic heterocycles. The van der Waals surface area contributed by atoms with Crippen molar-refractivity contribution in [3.05, 3.63) is 18.2 Å². The molecule has 102 valence electrons. The van der Waals surface area contributed by atoms with Crippen molar-refractivity contribution < 1.29 is 0 Å². The van der Waals surface area contributed by atoms with Crippen LogP contribution in [0.25, 0.3) is 0 Å². The van der Waals surface area contributed by atoms with E-state index in [4.69, 9.17) is 5.73 Å². The molecule has 1 aromatic heterocycles. The zero-order valence-corrected chi connectivity index (χ0v) is 12.0. The molecular weight excluding hydrogens is 222 g/mol. The summed E-state index contributed by atoms with van der Waals surface area (Å²) < 4.78 is 2.30. The summed E-state index contributed by atoms with van der Waals surface area (Å²) in [4.78, 5) is 4.31. The van der Waals surface area contributed by atoms with E-state index in [1.165, 1.54) is 31.4 Å². The van der Waals surface area contributed by atoms with Gasteiger partial charge in [-0.3, -0.25) is 0 Å². The van der Waals surface area contributed by atoms with Crippen molar-refractivity contribution >= 4 is 0 Å². The minimum absolute atomic E-state index is 0.126. The predicted octanol–water partition coefficient (Wildman–Crippen LogP) is 3.51. The van der Waals surface area contributed by atoms with Crippen LogP contribution in [0.15, 0.2) is 12.5 Å². The molecule has 1 unspecified atom stereocenters. The van der Waals surface area contributed by atoms with Crippen LogP contribution in [0.2, 0.25) is 0 Å². The second-order valence-corrected chi connectivity index (χ2v) is 6.39. The van der Waals surface area contributed by atoms with Gasteiger partial charge in [0.25, 0.3) is 0 Å². The van der Waals surface area contributed by atoms with Gasteiger partial charge < -0.3 is 10.3 Å². The summed E-state index contributed by atoms with van der Waals surface area (Å²) >= 11 is 0. The summed E-state index contributed by atoms with van der Waals surface area (Å²) in [6.45, 7) is 7.86. The van der Waals surface area contributed by atoms with Gasteiger partial charge in [0, 0.05) is 18.8 Å². The normalized spacial score (nSPS) is 19.8. The molecular formula is C15H27N3. The fraction of sp³-hybridized carbons (Fsp3) is 0.800. The maximum atomic E-state index is 6.30. The molecule has 0 amide bonds. The van der Waals surface area contributed by atoms with E-state index >= 15 is 0 Å². The molecule has 2 rings (SSSR count). The number of aromatic nitrogens is 2. The Balaban J connectivity index is 2.07. The molecule has 3 heteroatoms. The Morgan fingerprint density at radius 1 is 1.44 bits per heavy atom. The van der Waals surface area contributed by atoms with Gasteiger partial charge in [-0.05, 0) is 37.0 Å². The van der Waals surface area contributed by atoms with Crippen LogP contribution in [0.5, 0.6) is 0 Å². The molecule has 1 aromatic rings. The van der Waals surface area contributed by atoms with Crippen LogP contribution in [-0.2, 0) is 6.54 Å². The van der Waals surface area contributed by atoms with E-state index in [9.17, 15) is 0 Å². The monoisotopic (exact) mass is 249 g/mol. The SMILES string of the molecule is CCC1(Cn2cncc2C(N)CC(C)C)CCC1. The molecule has 0 spiro atoms. The van der Waals surface area contributed by atoms with Crippen molar-refractivity contribution in [3.63, 3.8) is 0 Å². The van der Waals surface area contributed by atoms with E-state index in [-0.39, 0.29) is 6.04 Å². The second kappa shape index (κ2) is 5.43. The van der Waals surface area contributed by atoms with Crippen molar-refractivity contribution in [1.82, 2.24) is 9.55 Å². The molecule has 0 aromatic carbocycles. The highest BCUT2D eigenvalue weighted by molar-refractivity contribution is 5.06. The molecule has 18 heavy (non-hydrogen) atoms. The van der Waals surface area contributed by atoms with Crippen LogP contribution >= 0.6 is 0 Å². The zero-order chi connectivity index (χ0) is 13.2. The summed E-state index contributed by atoms with van der Waals surface area (Å²) in [7, 11) is 0. The Hall–Kier alpha value is -0.830. The lowest BCUT2D eigenvalue weighted by Gasteiger charge is -2.42. The number of hydrogen-bond donors (Lipinski definition) is 1. The third kappa shape index (κ3) is 2.77. The van der Waals surface area contributed by atoms with Gasteiger partial charge in [0.05, 0.1) is 12.0 Å². The van der Waals surface area contributed by atoms with Gasteiger partial charge in [-0.25, -0.2) is 4.98 Å². The third-order valence-corrected chi connectivity index (χ3v) is 4.52. The average Bonchev–Trinajstić information content (AvgIpc) is 2.70. The molecule has 0 radical (unpaired) electrons. The summed E-state index contributed by atoms with van der Waals surface area (Å²) in [5, 5.41) is 0. The standard InChI is InChI=1S/C15H27N3/c1-4-15(6-5-7-15)10-18-11-17-9-14(18)13(16)8-12(2)3/h9,11-13H,4-8,10,16H2,1-3H3. The molecule has 3 nitrogen and oxygen atoms in total. The Morgan fingerprint density at radius 3 is 2.67 bits per heavy atom. The Labute approximate surface area is 111 Å². The number of nitrogens with two attached hydrogens (primary N) is 1. The van der Waals surface area contributed by atoms with E-state index < -0.39 is 0 Å². The van der Waals surface area contributed by atoms with Crippen molar-refractivity contribution in [2.24, 2.45) is 17.1 Å². The van der Waals surface area contributed by atoms with Crippen molar-refractivity contribution in [2.75, 3.05) is 0 Å². The highest BCUT2D eigenvalue weighted by atomic mass is 15.1. The summed E-state index contributed by atoms with van der Waals surface area (Å²) in [5.41, 5.74) is 8.03. The van der Waals surface area contributed by atoms with Crippen molar-refractivity contribution in [3.8, 4) is 0 Å². The fourth-order valence-corrected chi connectivity index (χ4v) is 3.06. The molecule has 1 saturated carbocycles. The first-order valence-electron chi connectivity index (χ1n) is 7.32. The van der Waals surface area contributed by atoms with E-state index in [0.717, 1.165) is 13.0 Å². The van der Waals surface area contributed by atoms with E-state index in [0.29, 0.717) is 11.3 Å². The van der Waals surface area contributed by atoms with Crippen LogP contribution in [0, 0.1) is 11.3 Å². The van der Waals surface area contributed by atoms with Crippen LogP contribution in [0.1, 0.15) is 64.6 Å². The molecule has 0 saturated heterocycles. The maximum absolute atomic E-state index is 6.30. The molecule has 1 aliphatic carbocycles. The lowest BCUT2D eigenvalue weighted by molar-refractivity contribution is 0.0985.